The second-order valence-electron chi connectivity index (χ2n) is 3.71. The van der Waals surface area contributed by atoms with Crippen LogP contribution in [0, 0.1) is 18.8 Å². The van der Waals surface area contributed by atoms with E-state index in [1.165, 1.54) is 11.3 Å². The first kappa shape index (κ1) is 20.1. The molecule has 0 saturated heterocycles. The van der Waals surface area contributed by atoms with Crippen molar-refractivity contribution in [3.63, 3.8) is 0 Å². The Labute approximate surface area is 102 Å². The van der Waals surface area contributed by atoms with E-state index in [4.69, 9.17) is 0 Å². The zero-order valence-corrected chi connectivity index (χ0v) is 12.3. The summed E-state index contributed by atoms with van der Waals surface area (Å²) < 4.78 is 0. The van der Waals surface area contributed by atoms with E-state index in [1.807, 2.05) is 25.6 Å². The van der Waals surface area contributed by atoms with Gasteiger partial charge >= 0.3 is 0 Å². The van der Waals surface area contributed by atoms with E-state index in [0.29, 0.717) is 0 Å². The van der Waals surface area contributed by atoms with E-state index in [-0.39, 0.29) is 0 Å². The van der Waals surface area contributed by atoms with Gasteiger partial charge in [-0.3, -0.25) is 0 Å². The molecule has 1 aliphatic rings. The number of thioether (sulfide) groups is 1. The molecule has 1 aliphatic heterocycles. The highest BCUT2D eigenvalue weighted by atomic mass is 32.2. The fraction of sp³-hybridized carbons (Fsp3) is 0.714. The van der Waals surface area contributed by atoms with Gasteiger partial charge in [0.05, 0.1) is 0 Å². The molecule has 1 heteroatoms. The number of allylic oxidation sites excluding steroid dienone is 2. The lowest BCUT2D eigenvalue weighted by atomic mass is 10.3. The standard InChI is InChI=1S/C6H10S.C4H10.C2H6.C2H2/c1-5-3-4-6(2)7-5;1-4(2)3;2*1-2/h3,6H,4H2,1-2H3;4H,1-3H3;1-2H3;1-2H. The summed E-state index contributed by atoms with van der Waals surface area (Å²) >= 11 is 1.98. The first-order valence-corrected chi connectivity index (χ1v) is 6.57. The van der Waals surface area contributed by atoms with Gasteiger partial charge in [0.2, 0.25) is 0 Å². The Hall–Kier alpha value is -0.350. The summed E-state index contributed by atoms with van der Waals surface area (Å²) in [6, 6.07) is 0. The zero-order valence-electron chi connectivity index (χ0n) is 11.5. The van der Waals surface area contributed by atoms with Crippen molar-refractivity contribution in [2.45, 2.75) is 60.1 Å². The van der Waals surface area contributed by atoms with Crippen LogP contribution in [-0.4, -0.2) is 5.25 Å². The van der Waals surface area contributed by atoms with E-state index in [9.17, 15) is 0 Å². The van der Waals surface area contributed by atoms with Crippen molar-refractivity contribution in [2.24, 2.45) is 5.92 Å². The molecule has 0 aromatic carbocycles. The number of hydrogen-bond acceptors (Lipinski definition) is 1. The minimum absolute atomic E-state index is 0.833. The molecule has 1 atom stereocenters. The summed E-state index contributed by atoms with van der Waals surface area (Å²) in [7, 11) is 0. The molecule has 1 unspecified atom stereocenters. The van der Waals surface area contributed by atoms with Crippen LogP contribution in [0.5, 0.6) is 0 Å². The molecule has 0 saturated carbocycles. The first-order chi connectivity index (χ1) is 7.02. The third kappa shape index (κ3) is 24.8. The minimum atomic E-state index is 0.833. The Morgan fingerprint density at radius 3 is 1.67 bits per heavy atom. The van der Waals surface area contributed by atoms with Gasteiger partial charge in [-0.25, -0.2) is 0 Å². The Morgan fingerprint density at radius 2 is 1.60 bits per heavy atom. The summed E-state index contributed by atoms with van der Waals surface area (Å²) in [6.45, 7) is 14.9. The van der Waals surface area contributed by atoms with Crippen molar-refractivity contribution < 1.29 is 0 Å². The van der Waals surface area contributed by atoms with E-state index >= 15 is 0 Å². The van der Waals surface area contributed by atoms with Crippen LogP contribution in [0.25, 0.3) is 0 Å². The minimum Gasteiger partial charge on any atom is -0.128 e. The summed E-state index contributed by atoms with van der Waals surface area (Å²) in [5, 5.41) is 0.847. The third-order valence-corrected chi connectivity index (χ3v) is 2.26. The molecular weight excluding hydrogens is 200 g/mol. The first-order valence-electron chi connectivity index (χ1n) is 5.69. The molecule has 0 radical (unpaired) electrons. The lowest BCUT2D eigenvalue weighted by Crippen LogP contribution is -1.83. The largest absolute Gasteiger partial charge is 0.128 e. The van der Waals surface area contributed by atoms with Crippen LogP contribution in [0.1, 0.15) is 54.9 Å². The molecule has 1 rings (SSSR count). The normalized spacial score (nSPS) is 17.2. The van der Waals surface area contributed by atoms with Gasteiger partial charge in [-0.15, -0.1) is 24.6 Å². The van der Waals surface area contributed by atoms with Gasteiger partial charge in [-0.1, -0.05) is 47.6 Å². The second-order valence-corrected chi connectivity index (χ2v) is 5.40. The van der Waals surface area contributed by atoms with Crippen molar-refractivity contribution in [1.29, 1.82) is 0 Å². The van der Waals surface area contributed by atoms with Crippen LogP contribution >= 0.6 is 11.8 Å². The summed E-state index contributed by atoms with van der Waals surface area (Å²) in [5.41, 5.74) is 0. The van der Waals surface area contributed by atoms with Crippen molar-refractivity contribution in [1.82, 2.24) is 0 Å². The maximum Gasteiger partial charge on any atom is 0.00975 e. The molecule has 0 aromatic heterocycles. The van der Waals surface area contributed by atoms with Gasteiger partial charge in [-0.05, 0) is 24.2 Å². The lowest BCUT2D eigenvalue weighted by Gasteiger charge is -1.95. The molecule has 0 fully saturated rings. The van der Waals surface area contributed by atoms with Crippen LogP contribution in [-0.2, 0) is 0 Å². The van der Waals surface area contributed by atoms with Gasteiger partial charge in [0, 0.05) is 5.25 Å². The molecule has 15 heavy (non-hydrogen) atoms. The van der Waals surface area contributed by atoms with Gasteiger partial charge in [0.1, 0.15) is 0 Å². The summed E-state index contributed by atoms with van der Waals surface area (Å²) in [5.74, 6) is 0.833. The van der Waals surface area contributed by atoms with Gasteiger partial charge in [0.25, 0.3) is 0 Å². The van der Waals surface area contributed by atoms with Crippen molar-refractivity contribution in [3.8, 4) is 12.8 Å². The van der Waals surface area contributed by atoms with Crippen LogP contribution < -0.4 is 0 Å². The van der Waals surface area contributed by atoms with Gasteiger partial charge in [-0.2, -0.15) is 0 Å². The fourth-order valence-corrected chi connectivity index (χ4v) is 1.77. The molecule has 1 heterocycles. The molecule has 0 spiro atoms. The highest BCUT2D eigenvalue weighted by Gasteiger charge is 2.07. The molecular formula is C14H28S. The smallest absolute Gasteiger partial charge is 0.00975 e. The molecule has 90 valence electrons. The van der Waals surface area contributed by atoms with Crippen molar-refractivity contribution in [3.05, 3.63) is 11.0 Å². The average molecular weight is 228 g/mol. The second kappa shape index (κ2) is 16.1. The summed E-state index contributed by atoms with van der Waals surface area (Å²) in [6.07, 6.45) is 11.6. The predicted octanol–water partition coefficient (Wildman–Crippen LogP) is 5.35. The Balaban J connectivity index is -0.000000156. The van der Waals surface area contributed by atoms with Gasteiger partial charge in [0.15, 0.2) is 0 Å². The van der Waals surface area contributed by atoms with Crippen LogP contribution in [0.4, 0.5) is 0 Å². The highest BCUT2D eigenvalue weighted by Crippen LogP contribution is 2.30. The van der Waals surface area contributed by atoms with E-state index < -0.39 is 0 Å². The fourth-order valence-electron chi connectivity index (χ4n) is 0.745. The molecule has 0 N–H and O–H groups in total. The van der Waals surface area contributed by atoms with E-state index in [1.54, 1.807) is 0 Å². The molecule has 0 bridgehead atoms. The lowest BCUT2D eigenvalue weighted by molar-refractivity contribution is 0.737. The van der Waals surface area contributed by atoms with Crippen LogP contribution in [0.15, 0.2) is 11.0 Å². The summed E-state index contributed by atoms with van der Waals surface area (Å²) in [4.78, 5) is 1.49. The van der Waals surface area contributed by atoms with Gasteiger partial charge < -0.3 is 0 Å². The maximum absolute atomic E-state index is 4.00. The Kier molecular flexibility index (Phi) is 21.6. The number of terminal acetylenes is 1. The molecule has 0 nitrogen and oxygen atoms in total. The molecule has 0 amide bonds. The SMILES string of the molecule is C#C.CC.CC(C)C.CC1=CCC(C)S1. The number of hydrogen-bond donors (Lipinski definition) is 0. The monoisotopic (exact) mass is 228 g/mol. The molecule has 0 aliphatic carbocycles. The van der Waals surface area contributed by atoms with Crippen LogP contribution in [0.2, 0.25) is 0 Å². The Bertz CT molecular complexity index is 151. The van der Waals surface area contributed by atoms with E-state index in [0.717, 1.165) is 11.2 Å². The predicted molar refractivity (Wildman–Crippen MR) is 77.2 cm³/mol. The van der Waals surface area contributed by atoms with Crippen molar-refractivity contribution in [2.75, 3.05) is 0 Å². The Morgan fingerprint density at radius 1 is 1.27 bits per heavy atom. The van der Waals surface area contributed by atoms with Crippen LogP contribution in [0.3, 0.4) is 0 Å². The third-order valence-electron chi connectivity index (χ3n) is 1.12. The highest BCUT2D eigenvalue weighted by molar-refractivity contribution is 8.03. The zero-order chi connectivity index (χ0) is 12.9. The van der Waals surface area contributed by atoms with Crippen molar-refractivity contribution >= 4 is 11.8 Å². The number of rotatable bonds is 0. The maximum atomic E-state index is 4.00. The van der Waals surface area contributed by atoms with E-state index in [2.05, 4.69) is 53.5 Å². The topological polar surface area (TPSA) is 0 Å². The average Bonchev–Trinajstić information content (AvgIpc) is 2.56. The quantitative estimate of drug-likeness (QED) is 0.503. The molecule has 0 aromatic rings.